The van der Waals surface area contributed by atoms with Crippen molar-refractivity contribution in [1.29, 1.82) is 0 Å². The van der Waals surface area contributed by atoms with Gasteiger partial charge in [0.05, 0.1) is 7.11 Å². The summed E-state index contributed by atoms with van der Waals surface area (Å²) in [6.07, 6.45) is 12.0. The van der Waals surface area contributed by atoms with Crippen molar-refractivity contribution in [3.05, 3.63) is 96.1 Å². The van der Waals surface area contributed by atoms with Crippen molar-refractivity contribution < 1.29 is 17.9 Å². The molecule has 0 spiro atoms. The molecular weight excluding hydrogens is 469 g/mol. The molecule has 2 aromatic rings. The van der Waals surface area contributed by atoms with Crippen LogP contribution in [0.2, 0.25) is 0 Å². The zero-order valence-corrected chi connectivity index (χ0v) is 21.4. The average Bonchev–Trinajstić information content (AvgIpc) is 2.95. The van der Waals surface area contributed by atoms with Crippen molar-refractivity contribution in [3.63, 3.8) is 0 Å². The summed E-state index contributed by atoms with van der Waals surface area (Å²) >= 11 is 0. The third kappa shape index (κ3) is 5.35. The first-order valence-corrected chi connectivity index (χ1v) is 13.4. The molecule has 1 saturated carbocycles. The number of ether oxygens (including phenoxy) is 1. The van der Waals surface area contributed by atoms with Gasteiger partial charge in [-0.05, 0) is 103 Å². The molecule has 37 heavy (non-hydrogen) atoms. The van der Waals surface area contributed by atoms with Gasteiger partial charge in [-0.1, -0.05) is 54.6 Å². The quantitative estimate of drug-likeness (QED) is 0.356. The van der Waals surface area contributed by atoms with Gasteiger partial charge in [0, 0.05) is 5.56 Å². The highest BCUT2D eigenvalue weighted by Crippen LogP contribution is 2.42. The molecular formula is C33H35F3O. The summed E-state index contributed by atoms with van der Waals surface area (Å²) < 4.78 is 49.0. The highest BCUT2D eigenvalue weighted by Gasteiger charge is 2.32. The van der Waals surface area contributed by atoms with Crippen LogP contribution in [0.5, 0.6) is 0 Å². The highest BCUT2D eigenvalue weighted by molar-refractivity contribution is 5.76. The Hall–Kier alpha value is -3.01. The molecule has 1 nitrogen and oxygen atoms in total. The Morgan fingerprint density at radius 1 is 0.838 bits per heavy atom. The monoisotopic (exact) mass is 504 g/mol. The molecule has 3 aliphatic rings. The summed E-state index contributed by atoms with van der Waals surface area (Å²) in [5, 5.41) is 0. The van der Waals surface area contributed by atoms with E-state index in [2.05, 4.69) is 18.7 Å². The van der Waals surface area contributed by atoms with Crippen LogP contribution in [-0.4, -0.2) is 19.5 Å². The molecule has 3 aliphatic carbocycles. The van der Waals surface area contributed by atoms with Gasteiger partial charge in [0.25, 0.3) is 0 Å². The van der Waals surface area contributed by atoms with Gasteiger partial charge in [-0.15, -0.1) is 6.58 Å². The Labute approximate surface area is 218 Å². The largest absolute Gasteiger partial charge is 0.498 e. The van der Waals surface area contributed by atoms with Crippen molar-refractivity contribution >= 4 is 11.1 Å². The van der Waals surface area contributed by atoms with E-state index >= 15 is 4.39 Å². The molecule has 0 amide bonds. The van der Waals surface area contributed by atoms with Crippen LogP contribution < -0.4 is 0 Å². The lowest BCUT2D eigenvalue weighted by molar-refractivity contribution is 0.152. The lowest BCUT2D eigenvalue weighted by atomic mass is 9.71. The second-order valence-electron chi connectivity index (χ2n) is 10.6. The molecule has 0 aromatic heterocycles. The van der Waals surface area contributed by atoms with E-state index in [9.17, 15) is 8.78 Å². The third-order valence-electron chi connectivity index (χ3n) is 8.62. The minimum Gasteiger partial charge on any atom is -0.498 e. The van der Waals surface area contributed by atoms with E-state index in [1.807, 2.05) is 24.3 Å². The van der Waals surface area contributed by atoms with Crippen molar-refractivity contribution in [2.24, 2.45) is 17.8 Å². The first kappa shape index (κ1) is 25.6. The minimum atomic E-state index is -1.82. The molecule has 0 saturated heterocycles. The molecule has 0 bridgehead atoms. The fraction of sp³-hybridized carbons (Fsp3) is 0.394. The minimum absolute atomic E-state index is 0.0114. The van der Waals surface area contributed by atoms with Crippen LogP contribution in [0.15, 0.2) is 79.1 Å². The summed E-state index contributed by atoms with van der Waals surface area (Å²) in [5.74, 6) is 1.96. The predicted molar refractivity (Wildman–Crippen MR) is 146 cm³/mol. The van der Waals surface area contributed by atoms with Crippen molar-refractivity contribution in [3.8, 4) is 11.1 Å². The SMILES string of the molecule is C=CC1CCC(C2CC=C(c3ccc(-c4ccc(C5=CC=C(OC)C(F)C5F)cc4)cc3F)CC2)CC1. The van der Waals surface area contributed by atoms with Crippen molar-refractivity contribution in [2.45, 2.75) is 57.3 Å². The Morgan fingerprint density at radius 2 is 1.54 bits per heavy atom. The second-order valence-corrected chi connectivity index (χ2v) is 10.6. The number of alkyl halides is 2. The van der Waals surface area contributed by atoms with Crippen LogP contribution in [-0.2, 0) is 4.74 Å². The zero-order chi connectivity index (χ0) is 25.9. The molecule has 3 unspecified atom stereocenters. The zero-order valence-electron chi connectivity index (χ0n) is 21.4. The number of allylic oxidation sites excluding steroid dienone is 7. The fourth-order valence-electron chi connectivity index (χ4n) is 6.28. The van der Waals surface area contributed by atoms with E-state index < -0.39 is 12.3 Å². The third-order valence-corrected chi connectivity index (χ3v) is 8.62. The summed E-state index contributed by atoms with van der Waals surface area (Å²) in [6, 6.07) is 12.6. The van der Waals surface area contributed by atoms with E-state index in [0.717, 1.165) is 41.9 Å². The first-order chi connectivity index (χ1) is 18.0. The maximum atomic E-state index is 15.2. The van der Waals surface area contributed by atoms with Crippen LogP contribution in [0.3, 0.4) is 0 Å². The Bertz CT molecular complexity index is 1210. The van der Waals surface area contributed by atoms with Crippen molar-refractivity contribution in [1.82, 2.24) is 0 Å². The van der Waals surface area contributed by atoms with Gasteiger partial charge in [0.2, 0.25) is 0 Å². The number of hydrogen-bond donors (Lipinski definition) is 0. The molecule has 0 heterocycles. The second kappa shape index (κ2) is 11.2. The van der Waals surface area contributed by atoms with Crippen LogP contribution in [0, 0.1) is 23.6 Å². The molecule has 3 atom stereocenters. The number of rotatable bonds is 6. The molecule has 0 aliphatic heterocycles. The number of benzene rings is 2. The van der Waals surface area contributed by atoms with Gasteiger partial charge in [-0.2, -0.15) is 0 Å². The first-order valence-electron chi connectivity index (χ1n) is 13.4. The van der Waals surface area contributed by atoms with Gasteiger partial charge in [0.15, 0.2) is 12.3 Å². The topological polar surface area (TPSA) is 9.23 Å². The summed E-state index contributed by atoms with van der Waals surface area (Å²) in [7, 11) is 1.33. The van der Waals surface area contributed by atoms with E-state index in [1.165, 1.54) is 38.9 Å². The molecule has 194 valence electrons. The lowest BCUT2D eigenvalue weighted by Gasteiger charge is -2.34. The number of hydrogen-bond acceptors (Lipinski definition) is 1. The van der Waals surface area contributed by atoms with E-state index in [1.54, 1.807) is 24.3 Å². The normalized spacial score (nSPS) is 28.1. The van der Waals surface area contributed by atoms with Crippen molar-refractivity contribution in [2.75, 3.05) is 7.11 Å². The maximum absolute atomic E-state index is 15.2. The highest BCUT2D eigenvalue weighted by atomic mass is 19.2. The van der Waals surface area contributed by atoms with Crippen LogP contribution in [0.4, 0.5) is 13.2 Å². The lowest BCUT2D eigenvalue weighted by Crippen LogP contribution is -2.24. The van der Waals surface area contributed by atoms with E-state index in [4.69, 9.17) is 4.74 Å². The summed E-state index contributed by atoms with van der Waals surface area (Å²) in [4.78, 5) is 0. The van der Waals surface area contributed by atoms with Crippen LogP contribution in [0.25, 0.3) is 22.3 Å². The Kier molecular flexibility index (Phi) is 7.73. The fourth-order valence-corrected chi connectivity index (χ4v) is 6.28. The molecule has 4 heteroatoms. The van der Waals surface area contributed by atoms with E-state index in [-0.39, 0.29) is 17.1 Å². The van der Waals surface area contributed by atoms with Gasteiger partial charge < -0.3 is 4.74 Å². The number of methoxy groups -OCH3 is 1. The van der Waals surface area contributed by atoms with Gasteiger partial charge in [-0.25, -0.2) is 13.2 Å². The molecule has 1 fully saturated rings. The van der Waals surface area contributed by atoms with Gasteiger partial charge in [-0.3, -0.25) is 0 Å². The summed E-state index contributed by atoms with van der Waals surface area (Å²) in [6.45, 7) is 3.95. The molecule has 2 aromatic carbocycles. The number of halogens is 3. The maximum Gasteiger partial charge on any atom is 0.192 e. The van der Waals surface area contributed by atoms with Gasteiger partial charge >= 0.3 is 0 Å². The Morgan fingerprint density at radius 3 is 2.16 bits per heavy atom. The van der Waals surface area contributed by atoms with Gasteiger partial charge in [0.1, 0.15) is 11.6 Å². The Balaban J connectivity index is 1.26. The molecule has 0 N–H and O–H groups in total. The van der Waals surface area contributed by atoms with Crippen LogP contribution >= 0.6 is 0 Å². The smallest absolute Gasteiger partial charge is 0.192 e. The predicted octanol–water partition coefficient (Wildman–Crippen LogP) is 9.27. The molecule has 0 radical (unpaired) electrons. The van der Waals surface area contributed by atoms with E-state index in [0.29, 0.717) is 23.0 Å². The van der Waals surface area contributed by atoms with Crippen LogP contribution in [0.1, 0.15) is 56.1 Å². The average molecular weight is 505 g/mol. The molecule has 5 rings (SSSR count). The summed E-state index contributed by atoms with van der Waals surface area (Å²) in [5.41, 5.74) is 4.27. The standard InChI is InChI=1S/C33H35F3O/c1-3-21-4-6-22(7-5-21)23-8-12-25(13-9-23)28-17-16-27(20-30(28)34)24-10-14-26(15-11-24)29-18-19-31(37-2)33(36)32(29)35/h3,10-12,14-23,32-33H,1,4-9,13H2,2H3.